The van der Waals surface area contributed by atoms with Crippen molar-refractivity contribution < 1.29 is 0 Å². The van der Waals surface area contributed by atoms with Crippen LogP contribution in [0.4, 0.5) is 0 Å². The van der Waals surface area contributed by atoms with Gasteiger partial charge in [-0.2, -0.15) is 0 Å². The monoisotopic (exact) mass is 139 g/mol. The zero-order valence-corrected chi connectivity index (χ0v) is 5.96. The van der Waals surface area contributed by atoms with Crippen molar-refractivity contribution in [2.45, 2.75) is 25.3 Å². The van der Waals surface area contributed by atoms with Crippen molar-refractivity contribution in [2.24, 2.45) is 16.5 Å². The van der Waals surface area contributed by atoms with Crippen LogP contribution < -0.4 is 11.5 Å². The average Bonchev–Trinajstić information content (AvgIpc) is 1.88. The lowest BCUT2D eigenvalue weighted by Gasteiger charge is -2.10. The van der Waals surface area contributed by atoms with Crippen LogP contribution in [0.3, 0.4) is 0 Å². The summed E-state index contributed by atoms with van der Waals surface area (Å²) < 4.78 is 0. The zero-order valence-electron chi connectivity index (χ0n) is 5.96. The van der Waals surface area contributed by atoms with Crippen molar-refractivity contribution in [3.05, 3.63) is 12.2 Å². The first-order valence-electron chi connectivity index (χ1n) is 3.54. The van der Waals surface area contributed by atoms with Gasteiger partial charge in [0.25, 0.3) is 0 Å². The maximum Gasteiger partial charge on any atom is 0.186 e. The van der Waals surface area contributed by atoms with Crippen LogP contribution in [0.2, 0.25) is 0 Å². The van der Waals surface area contributed by atoms with E-state index >= 15 is 0 Å². The van der Waals surface area contributed by atoms with E-state index in [2.05, 4.69) is 17.1 Å². The number of hydrogen-bond acceptors (Lipinski definition) is 1. The molecule has 0 saturated heterocycles. The van der Waals surface area contributed by atoms with Crippen LogP contribution >= 0.6 is 0 Å². The molecule has 0 bridgehead atoms. The molecule has 0 amide bonds. The molecule has 0 heterocycles. The Morgan fingerprint density at radius 3 is 2.80 bits per heavy atom. The second-order valence-electron chi connectivity index (χ2n) is 2.48. The highest BCUT2D eigenvalue weighted by Gasteiger charge is 2.05. The fourth-order valence-corrected chi connectivity index (χ4v) is 1.09. The molecule has 1 atom stereocenters. The maximum atomic E-state index is 5.22. The van der Waals surface area contributed by atoms with E-state index in [1.807, 2.05) is 0 Å². The third kappa shape index (κ3) is 2.09. The van der Waals surface area contributed by atoms with Crippen LogP contribution in [0.1, 0.15) is 19.3 Å². The molecule has 0 radical (unpaired) electrons. The van der Waals surface area contributed by atoms with Crippen molar-refractivity contribution in [3.8, 4) is 0 Å². The summed E-state index contributed by atoms with van der Waals surface area (Å²) >= 11 is 0. The number of nitrogens with zero attached hydrogens (tertiary/aromatic N) is 1. The van der Waals surface area contributed by atoms with Crippen molar-refractivity contribution in [3.63, 3.8) is 0 Å². The molecule has 0 aromatic carbocycles. The number of nitrogens with two attached hydrogens (primary N) is 2. The van der Waals surface area contributed by atoms with Crippen molar-refractivity contribution in [1.82, 2.24) is 0 Å². The van der Waals surface area contributed by atoms with Gasteiger partial charge in [-0.15, -0.1) is 0 Å². The Bertz CT molecular complexity index is 156. The molecule has 1 unspecified atom stereocenters. The van der Waals surface area contributed by atoms with E-state index < -0.39 is 0 Å². The standard InChI is InChI=1S/C7H13N3/c8-7(9)10-6-4-2-1-3-5-6/h2,4,6H,1,3,5H2,(H4,8,9,10). The molecule has 3 nitrogen and oxygen atoms in total. The van der Waals surface area contributed by atoms with E-state index in [9.17, 15) is 0 Å². The Morgan fingerprint density at radius 1 is 1.50 bits per heavy atom. The summed E-state index contributed by atoms with van der Waals surface area (Å²) in [5.41, 5.74) is 10.4. The van der Waals surface area contributed by atoms with E-state index in [4.69, 9.17) is 11.5 Å². The first kappa shape index (κ1) is 7.12. The van der Waals surface area contributed by atoms with Gasteiger partial charge in [-0.05, 0) is 19.3 Å². The van der Waals surface area contributed by atoms with E-state index in [1.165, 1.54) is 6.42 Å². The van der Waals surface area contributed by atoms with Gasteiger partial charge in [0.2, 0.25) is 0 Å². The smallest absolute Gasteiger partial charge is 0.186 e. The summed E-state index contributed by atoms with van der Waals surface area (Å²) in [7, 11) is 0. The Labute approximate surface area is 60.8 Å². The quantitative estimate of drug-likeness (QED) is 0.313. The molecule has 1 rings (SSSR count). The van der Waals surface area contributed by atoms with Gasteiger partial charge < -0.3 is 11.5 Å². The van der Waals surface area contributed by atoms with Crippen molar-refractivity contribution in [2.75, 3.05) is 0 Å². The van der Waals surface area contributed by atoms with Crippen molar-refractivity contribution in [1.29, 1.82) is 0 Å². The minimum atomic E-state index is 0.191. The Balaban J connectivity index is 2.48. The maximum absolute atomic E-state index is 5.22. The first-order chi connectivity index (χ1) is 4.79. The molecule has 4 N–H and O–H groups in total. The van der Waals surface area contributed by atoms with Gasteiger partial charge in [-0.25, -0.2) is 4.99 Å². The summed E-state index contributed by atoms with van der Waals surface area (Å²) in [6.07, 6.45) is 7.62. The number of rotatable bonds is 1. The number of hydrogen-bond donors (Lipinski definition) is 2. The zero-order chi connectivity index (χ0) is 7.40. The predicted molar refractivity (Wildman–Crippen MR) is 42.6 cm³/mol. The predicted octanol–water partition coefficient (Wildman–Crippen LogP) is 0.368. The fourth-order valence-electron chi connectivity index (χ4n) is 1.09. The first-order valence-corrected chi connectivity index (χ1v) is 3.54. The third-order valence-electron chi connectivity index (χ3n) is 1.54. The molecule has 10 heavy (non-hydrogen) atoms. The highest BCUT2D eigenvalue weighted by atomic mass is 15.0. The normalized spacial score (nSPS) is 24.2. The largest absolute Gasteiger partial charge is 0.370 e. The summed E-state index contributed by atoms with van der Waals surface area (Å²) in [5, 5.41) is 0. The molecule has 0 aliphatic heterocycles. The van der Waals surface area contributed by atoms with Crippen LogP contribution in [-0.4, -0.2) is 12.0 Å². The van der Waals surface area contributed by atoms with Gasteiger partial charge >= 0.3 is 0 Å². The highest BCUT2D eigenvalue weighted by molar-refractivity contribution is 5.76. The third-order valence-corrected chi connectivity index (χ3v) is 1.54. The van der Waals surface area contributed by atoms with Crippen LogP contribution in [0, 0.1) is 0 Å². The van der Waals surface area contributed by atoms with Gasteiger partial charge in [-0.1, -0.05) is 12.2 Å². The van der Waals surface area contributed by atoms with Crippen LogP contribution in [0.5, 0.6) is 0 Å². The molecule has 0 aromatic rings. The van der Waals surface area contributed by atoms with Gasteiger partial charge in [0.05, 0.1) is 6.04 Å². The molecule has 1 aliphatic rings. The van der Waals surface area contributed by atoms with E-state index in [-0.39, 0.29) is 12.0 Å². The fraction of sp³-hybridized carbons (Fsp3) is 0.571. The van der Waals surface area contributed by atoms with Gasteiger partial charge in [-0.3, -0.25) is 0 Å². The second kappa shape index (κ2) is 3.25. The molecule has 1 aliphatic carbocycles. The molecule has 0 saturated carbocycles. The SMILES string of the molecule is NC(N)=NC1C=CCCC1. The summed E-state index contributed by atoms with van der Waals surface area (Å²) in [5.74, 6) is 0.191. The lowest BCUT2D eigenvalue weighted by molar-refractivity contribution is 0.646. The summed E-state index contributed by atoms with van der Waals surface area (Å²) in [6.45, 7) is 0. The van der Waals surface area contributed by atoms with Gasteiger partial charge in [0.15, 0.2) is 5.96 Å². The Hall–Kier alpha value is -0.990. The van der Waals surface area contributed by atoms with Crippen LogP contribution in [0.25, 0.3) is 0 Å². The van der Waals surface area contributed by atoms with Gasteiger partial charge in [0.1, 0.15) is 0 Å². The van der Waals surface area contributed by atoms with Crippen molar-refractivity contribution >= 4 is 5.96 Å². The lowest BCUT2D eigenvalue weighted by atomic mass is 10.0. The minimum absolute atomic E-state index is 0.191. The minimum Gasteiger partial charge on any atom is -0.370 e. The molecule has 0 spiro atoms. The van der Waals surface area contributed by atoms with Crippen LogP contribution in [0.15, 0.2) is 17.1 Å². The lowest BCUT2D eigenvalue weighted by Crippen LogP contribution is -2.25. The number of allylic oxidation sites excluding steroid dienone is 1. The summed E-state index contributed by atoms with van der Waals surface area (Å²) in [4.78, 5) is 4.02. The molecular formula is C7H13N3. The number of guanidine groups is 1. The van der Waals surface area contributed by atoms with Crippen LogP contribution in [-0.2, 0) is 0 Å². The van der Waals surface area contributed by atoms with E-state index in [1.54, 1.807) is 0 Å². The Morgan fingerprint density at radius 2 is 2.30 bits per heavy atom. The van der Waals surface area contributed by atoms with E-state index in [0.717, 1.165) is 12.8 Å². The number of aliphatic imine (C=N–C) groups is 1. The molecule has 56 valence electrons. The molecule has 0 aromatic heterocycles. The molecule has 0 fully saturated rings. The Kier molecular flexibility index (Phi) is 2.31. The topological polar surface area (TPSA) is 64.4 Å². The highest BCUT2D eigenvalue weighted by Crippen LogP contribution is 2.12. The summed E-state index contributed by atoms with van der Waals surface area (Å²) in [6, 6.07) is 0.235. The van der Waals surface area contributed by atoms with E-state index in [0.29, 0.717) is 0 Å². The average molecular weight is 139 g/mol. The molecule has 3 heteroatoms. The molecular weight excluding hydrogens is 126 g/mol. The van der Waals surface area contributed by atoms with Gasteiger partial charge in [0, 0.05) is 0 Å². The second-order valence-corrected chi connectivity index (χ2v) is 2.48.